The van der Waals surface area contributed by atoms with Crippen LogP contribution >= 0.6 is 11.8 Å². The number of aromatic nitrogens is 2. The van der Waals surface area contributed by atoms with Gasteiger partial charge in [-0.05, 0) is 37.6 Å². The molecule has 0 aliphatic rings. The van der Waals surface area contributed by atoms with Gasteiger partial charge in [-0.2, -0.15) is 0 Å². The number of nitrogens with one attached hydrogen (secondary N) is 1. The van der Waals surface area contributed by atoms with Crippen molar-refractivity contribution in [2.75, 3.05) is 11.1 Å². The lowest BCUT2D eigenvalue weighted by Gasteiger charge is -2.07. The number of aryl methyl sites for hydroxylation is 1. The maximum Gasteiger partial charge on any atom is 0.277 e. The molecule has 6 nitrogen and oxygen atoms in total. The van der Waals surface area contributed by atoms with Crippen LogP contribution in [0.1, 0.15) is 17.0 Å². The first-order valence-corrected chi connectivity index (χ1v) is 9.20. The van der Waals surface area contributed by atoms with E-state index in [1.807, 2.05) is 31.2 Å². The minimum Gasteiger partial charge on any atom is -0.484 e. The summed E-state index contributed by atoms with van der Waals surface area (Å²) in [5, 5.41) is 10.7. The molecular weight excluding hydrogens is 369 g/mol. The van der Waals surface area contributed by atoms with E-state index >= 15 is 0 Å². The second-order valence-electron chi connectivity index (χ2n) is 5.77. The molecule has 1 N–H and O–H groups in total. The summed E-state index contributed by atoms with van der Waals surface area (Å²) in [4.78, 5) is 12.0. The molecule has 1 aromatic heterocycles. The first-order valence-electron chi connectivity index (χ1n) is 8.21. The Hall–Kier alpha value is -2.87. The van der Waals surface area contributed by atoms with Crippen LogP contribution in [0, 0.1) is 19.7 Å². The number of anilines is 1. The third kappa shape index (κ3) is 5.07. The summed E-state index contributed by atoms with van der Waals surface area (Å²) in [7, 11) is 0. The summed E-state index contributed by atoms with van der Waals surface area (Å²) < 4.78 is 24.6. The molecule has 0 aliphatic carbocycles. The van der Waals surface area contributed by atoms with Crippen LogP contribution < -0.4 is 10.1 Å². The van der Waals surface area contributed by atoms with Gasteiger partial charge < -0.3 is 14.5 Å². The van der Waals surface area contributed by atoms with Crippen LogP contribution in [0.3, 0.4) is 0 Å². The Labute approximate surface area is 160 Å². The number of hydrogen-bond acceptors (Lipinski definition) is 6. The molecule has 0 saturated heterocycles. The smallest absolute Gasteiger partial charge is 0.277 e. The van der Waals surface area contributed by atoms with Gasteiger partial charge in [0.05, 0.1) is 5.75 Å². The van der Waals surface area contributed by atoms with Crippen molar-refractivity contribution in [2.24, 2.45) is 0 Å². The lowest BCUT2D eigenvalue weighted by molar-refractivity contribution is -0.113. The fraction of sp³-hybridized carbons (Fsp3) is 0.211. The number of benzene rings is 2. The van der Waals surface area contributed by atoms with E-state index in [4.69, 9.17) is 9.15 Å². The highest BCUT2D eigenvalue weighted by molar-refractivity contribution is 7.99. The lowest BCUT2D eigenvalue weighted by atomic mass is 10.2. The average Bonchev–Trinajstić information content (AvgIpc) is 3.11. The SMILES string of the molecule is Cc1ccccc1OCc1nnc(SCC(=O)Nc2cccc(F)c2C)o1. The first-order chi connectivity index (χ1) is 13.0. The first kappa shape index (κ1) is 18.9. The number of ether oxygens (including phenoxy) is 1. The largest absolute Gasteiger partial charge is 0.484 e. The molecule has 0 bridgehead atoms. The zero-order chi connectivity index (χ0) is 19.2. The van der Waals surface area contributed by atoms with Gasteiger partial charge >= 0.3 is 0 Å². The van der Waals surface area contributed by atoms with Crippen molar-refractivity contribution < 1.29 is 18.3 Å². The van der Waals surface area contributed by atoms with Gasteiger partial charge in [-0.3, -0.25) is 4.79 Å². The molecule has 8 heteroatoms. The third-order valence-electron chi connectivity index (χ3n) is 3.76. The van der Waals surface area contributed by atoms with Crippen molar-refractivity contribution in [3.63, 3.8) is 0 Å². The highest BCUT2D eigenvalue weighted by atomic mass is 32.2. The number of para-hydroxylation sites is 1. The fourth-order valence-electron chi connectivity index (χ4n) is 2.27. The number of amides is 1. The summed E-state index contributed by atoms with van der Waals surface area (Å²) in [5.41, 5.74) is 1.85. The molecule has 3 aromatic rings. The van der Waals surface area contributed by atoms with E-state index in [2.05, 4.69) is 15.5 Å². The van der Waals surface area contributed by atoms with Crippen molar-refractivity contribution in [1.29, 1.82) is 0 Å². The van der Waals surface area contributed by atoms with Gasteiger partial charge in [-0.15, -0.1) is 10.2 Å². The zero-order valence-corrected chi connectivity index (χ0v) is 15.7. The van der Waals surface area contributed by atoms with Crippen LogP contribution in [0.5, 0.6) is 5.75 Å². The number of carbonyl (C=O) groups is 1. The summed E-state index contributed by atoms with van der Waals surface area (Å²) >= 11 is 1.10. The fourth-order valence-corrected chi connectivity index (χ4v) is 2.85. The predicted molar refractivity (Wildman–Crippen MR) is 100 cm³/mol. The highest BCUT2D eigenvalue weighted by Crippen LogP contribution is 2.21. The molecule has 1 heterocycles. The van der Waals surface area contributed by atoms with E-state index in [0.717, 1.165) is 23.1 Å². The van der Waals surface area contributed by atoms with E-state index in [1.54, 1.807) is 19.1 Å². The maximum atomic E-state index is 13.5. The standard InChI is InChI=1S/C19H18FN3O3S/c1-12-6-3-4-9-16(12)25-10-18-22-23-19(26-18)27-11-17(24)21-15-8-5-7-14(20)13(15)2/h3-9H,10-11H2,1-2H3,(H,21,24). The highest BCUT2D eigenvalue weighted by Gasteiger charge is 2.12. The molecule has 0 atom stereocenters. The van der Waals surface area contributed by atoms with Gasteiger partial charge in [0.2, 0.25) is 5.91 Å². The molecule has 140 valence electrons. The van der Waals surface area contributed by atoms with Crippen molar-refractivity contribution in [2.45, 2.75) is 25.7 Å². The Morgan fingerprint density at radius 2 is 2.00 bits per heavy atom. The van der Waals surface area contributed by atoms with Crippen LogP contribution in [0.2, 0.25) is 0 Å². The number of rotatable bonds is 7. The van der Waals surface area contributed by atoms with E-state index in [-0.39, 0.29) is 29.3 Å². The molecule has 0 saturated carbocycles. The van der Waals surface area contributed by atoms with Gasteiger partial charge in [0.1, 0.15) is 11.6 Å². The van der Waals surface area contributed by atoms with Gasteiger partial charge in [-0.1, -0.05) is 36.0 Å². The topological polar surface area (TPSA) is 77.2 Å². The zero-order valence-electron chi connectivity index (χ0n) is 14.9. The summed E-state index contributed by atoms with van der Waals surface area (Å²) in [5.74, 6) is 0.480. The molecule has 2 aromatic carbocycles. The van der Waals surface area contributed by atoms with Crippen LogP contribution in [-0.4, -0.2) is 21.9 Å². The second-order valence-corrected chi connectivity index (χ2v) is 6.69. The van der Waals surface area contributed by atoms with Crippen LogP contribution in [0.15, 0.2) is 52.1 Å². The minimum absolute atomic E-state index is 0.0657. The molecule has 0 spiro atoms. The van der Waals surface area contributed by atoms with Gasteiger partial charge in [0.15, 0.2) is 6.61 Å². The predicted octanol–water partition coefficient (Wildman–Crippen LogP) is 4.14. The normalized spacial score (nSPS) is 10.6. The van der Waals surface area contributed by atoms with E-state index in [0.29, 0.717) is 17.1 Å². The van der Waals surface area contributed by atoms with E-state index < -0.39 is 0 Å². The Morgan fingerprint density at radius 3 is 2.81 bits per heavy atom. The summed E-state index contributed by atoms with van der Waals surface area (Å²) in [6.45, 7) is 3.70. The number of thioether (sulfide) groups is 1. The Kier molecular flexibility index (Phi) is 6.08. The second kappa shape index (κ2) is 8.68. The Morgan fingerprint density at radius 1 is 1.19 bits per heavy atom. The molecule has 3 rings (SSSR count). The van der Waals surface area contributed by atoms with Gasteiger partial charge in [-0.25, -0.2) is 4.39 Å². The maximum absolute atomic E-state index is 13.5. The van der Waals surface area contributed by atoms with E-state index in [9.17, 15) is 9.18 Å². The third-order valence-corrected chi connectivity index (χ3v) is 4.58. The van der Waals surface area contributed by atoms with Crippen LogP contribution in [0.4, 0.5) is 10.1 Å². The molecule has 0 unspecified atom stereocenters. The molecule has 0 fully saturated rings. The number of nitrogens with zero attached hydrogens (tertiary/aromatic N) is 2. The molecular formula is C19H18FN3O3S. The minimum atomic E-state index is -0.365. The molecule has 0 radical (unpaired) electrons. The summed E-state index contributed by atoms with van der Waals surface area (Å²) in [6, 6.07) is 12.2. The average molecular weight is 387 g/mol. The van der Waals surface area contributed by atoms with Crippen LogP contribution in [0.25, 0.3) is 0 Å². The number of carbonyl (C=O) groups excluding carboxylic acids is 1. The summed E-state index contributed by atoms with van der Waals surface area (Å²) in [6.07, 6.45) is 0. The van der Waals surface area contributed by atoms with Crippen molar-refractivity contribution in [1.82, 2.24) is 10.2 Å². The quantitative estimate of drug-likeness (QED) is 0.614. The lowest BCUT2D eigenvalue weighted by Crippen LogP contribution is -2.15. The number of halogens is 1. The van der Waals surface area contributed by atoms with Gasteiger partial charge in [0, 0.05) is 11.3 Å². The van der Waals surface area contributed by atoms with E-state index in [1.165, 1.54) is 6.07 Å². The molecule has 0 aliphatic heterocycles. The van der Waals surface area contributed by atoms with Crippen molar-refractivity contribution >= 4 is 23.4 Å². The van der Waals surface area contributed by atoms with Crippen molar-refractivity contribution in [3.05, 3.63) is 65.3 Å². The Balaban J connectivity index is 1.50. The van der Waals surface area contributed by atoms with Crippen molar-refractivity contribution in [3.8, 4) is 5.75 Å². The monoisotopic (exact) mass is 387 g/mol. The Bertz CT molecular complexity index is 945. The number of hydrogen-bond donors (Lipinski definition) is 1. The van der Waals surface area contributed by atoms with Crippen LogP contribution in [-0.2, 0) is 11.4 Å². The molecule has 27 heavy (non-hydrogen) atoms. The van der Waals surface area contributed by atoms with Gasteiger partial charge in [0.25, 0.3) is 11.1 Å². The molecule has 1 amide bonds.